The highest BCUT2D eigenvalue weighted by Crippen LogP contribution is 2.22. The van der Waals surface area contributed by atoms with Crippen LogP contribution in [0.2, 0.25) is 0 Å². The fraction of sp³-hybridized carbons (Fsp3) is 0.118. The number of rotatable bonds is 3. The Balaban J connectivity index is 1.84. The van der Waals surface area contributed by atoms with Crippen LogP contribution in [0, 0.1) is 6.92 Å². The molecule has 0 radical (unpaired) electrons. The van der Waals surface area contributed by atoms with Crippen LogP contribution in [0.1, 0.15) is 16.1 Å². The van der Waals surface area contributed by atoms with Crippen LogP contribution >= 0.6 is 0 Å². The van der Waals surface area contributed by atoms with Crippen LogP contribution in [-0.2, 0) is 0 Å². The van der Waals surface area contributed by atoms with E-state index < -0.39 is 0 Å². The molecule has 3 rings (SSSR count). The third kappa shape index (κ3) is 2.60. The molecule has 0 atom stereocenters. The number of fused-ring (bicyclic) bond motifs is 1. The van der Waals surface area contributed by atoms with E-state index >= 15 is 0 Å². The number of methoxy groups -OCH3 is 1. The maximum absolute atomic E-state index is 12.3. The number of anilines is 1. The average Bonchev–Trinajstić information content (AvgIpc) is 2.91. The normalized spacial score (nSPS) is 10.6. The number of hydrogen-bond donors (Lipinski definition) is 2. The summed E-state index contributed by atoms with van der Waals surface area (Å²) >= 11 is 0. The molecule has 106 valence electrons. The van der Waals surface area contributed by atoms with Crippen LogP contribution in [0.25, 0.3) is 10.9 Å². The van der Waals surface area contributed by atoms with Crippen molar-refractivity contribution in [1.29, 1.82) is 0 Å². The van der Waals surface area contributed by atoms with Crippen molar-refractivity contribution >= 4 is 22.5 Å². The van der Waals surface area contributed by atoms with Gasteiger partial charge in [0.1, 0.15) is 11.4 Å². The van der Waals surface area contributed by atoms with Crippen molar-refractivity contribution in [2.45, 2.75) is 6.92 Å². The first-order valence-electron chi connectivity index (χ1n) is 6.71. The lowest BCUT2D eigenvalue weighted by atomic mass is 10.2. The molecule has 21 heavy (non-hydrogen) atoms. The van der Waals surface area contributed by atoms with Gasteiger partial charge in [0.25, 0.3) is 5.91 Å². The Labute approximate surface area is 122 Å². The van der Waals surface area contributed by atoms with Crippen LogP contribution in [0.3, 0.4) is 0 Å². The summed E-state index contributed by atoms with van der Waals surface area (Å²) in [5.41, 5.74) is 3.22. The highest BCUT2D eigenvalue weighted by atomic mass is 16.5. The summed E-state index contributed by atoms with van der Waals surface area (Å²) in [4.78, 5) is 15.4. The number of carbonyl (C=O) groups excluding carboxylic acids is 1. The number of para-hydroxylation sites is 1. The maximum Gasteiger partial charge on any atom is 0.272 e. The molecule has 3 aromatic rings. The fourth-order valence-corrected chi connectivity index (χ4v) is 2.35. The summed E-state index contributed by atoms with van der Waals surface area (Å²) in [5, 5.41) is 3.91. The molecular formula is C17H16N2O2. The van der Waals surface area contributed by atoms with E-state index in [9.17, 15) is 4.79 Å². The van der Waals surface area contributed by atoms with Crippen molar-refractivity contribution in [3.05, 3.63) is 59.8 Å². The molecule has 1 heterocycles. The molecule has 0 bridgehead atoms. The number of aromatic nitrogens is 1. The van der Waals surface area contributed by atoms with Gasteiger partial charge in [-0.1, -0.05) is 18.2 Å². The summed E-state index contributed by atoms with van der Waals surface area (Å²) in [6.45, 7) is 1.94. The number of aromatic amines is 1. The lowest BCUT2D eigenvalue weighted by Crippen LogP contribution is -2.12. The summed E-state index contributed by atoms with van der Waals surface area (Å²) in [6.07, 6.45) is 0. The number of H-pyrrole nitrogens is 1. The molecule has 4 nitrogen and oxygen atoms in total. The number of ether oxygens (including phenoxy) is 1. The molecule has 0 aliphatic rings. The highest BCUT2D eigenvalue weighted by molar-refractivity contribution is 6.05. The number of aryl methyl sites for hydroxylation is 1. The predicted octanol–water partition coefficient (Wildman–Crippen LogP) is 3.74. The third-order valence-electron chi connectivity index (χ3n) is 3.43. The van der Waals surface area contributed by atoms with Gasteiger partial charge in [-0.2, -0.15) is 0 Å². The number of hydrogen-bond acceptors (Lipinski definition) is 2. The number of nitrogens with one attached hydrogen (secondary N) is 2. The quantitative estimate of drug-likeness (QED) is 0.768. The minimum absolute atomic E-state index is 0.157. The zero-order valence-corrected chi connectivity index (χ0v) is 11.9. The highest BCUT2D eigenvalue weighted by Gasteiger charge is 2.10. The molecule has 0 aliphatic carbocycles. The first kappa shape index (κ1) is 13.2. The average molecular weight is 280 g/mol. The van der Waals surface area contributed by atoms with E-state index in [0.717, 1.165) is 27.9 Å². The van der Waals surface area contributed by atoms with Crippen molar-refractivity contribution < 1.29 is 9.53 Å². The first-order chi connectivity index (χ1) is 10.2. The number of amides is 1. The van der Waals surface area contributed by atoms with Gasteiger partial charge in [0.15, 0.2) is 0 Å². The Hall–Kier alpha value is -2.75. The zero-order chi connectivity index (χ0) is 14.8. The maximum atomic E-state index is 12.3. The summed E-state index contributed by atoms with van der Waals surface area (Å²) in [5.74, 6) is 0.648. The standard InChI is InChI=1S/C17H16N2O2/c1-11-9-13(7-8-16(11)21-2)18-17(20)15-10-12-5-3-4-6-14(12)19-15/h3-10,19H,1-2H3,(H,18,20). The van der Waals surface area contributed by atoms with Gasteiger partial charge in [-0.15, -0.1) is 0 Å². The Kier molecular flexibility index (Phi) is 3.36. The van der Waals surface area contributed by atoms with Crippen LogP contribution in [0.15, 0.2) is 48.5 Å². The topological polar surface area (TPSA) is 54.1 Å². The smallest absolute Gasteiger partial charge is 0.272 e. The Morgan fingerprint density at radius 3 is 2.67 bits per heavy atom. The fourth-order valence-electron chi connectivity index (χ4n) is 2.35. The van der Waals surface area contributed by atoms with Crippen molar-refractivity contribution in [2.24, 2.45) is 0 Å². The lowest BCUT2D eigenvalue weighted by molar-refractivity contribution is 0.102. The number of carbonyl (C=O) groups is 1. The molecule has 1 aromatic heterocycles. The van der Waals surface area contributed by atoms with E-state index in [1.807, 2.05) is 55.5 Å². The Bertz CT molecular complexity index is 772. The lowest BCUT2D eigenvalue weighted by Gasteiger charge is -2.08. The third-order valence-corrected chi connectivity index (χ3v) is 3.43. The van der Waals surface area contributed by atoms with Crippen molar-refractivity contribution in [3.63, 3.8) is 0 Å². The molecule has 0 saturated heterocycles. The van der Waals surface area contributed by atoms with Gasteiger partial charge >= 0.3 is 0 Å². The Morgan fingerprint density at radius 2 is 1.95 bits per heavy atom. The van der Waals surface area contributed by atoms with E-state index in [1.165, 1.54) is 0 Å². The molecule has 1 amide bonds. The van der Waals surface area contributed by atoms with Gasteiger partial charge in [-0.25, -0.2) is 0 Å². The van der Waals surface area contributed by atoms with Gasteiger partial charge in [0.05, 0.1) is 7.11 Å². The Morgan fingerprint density at radius 1 is 1.14 bits per heavy atom. The molecule has 2 aromatic carbocycles. The molecule has 0 spiro atoms. The minimum Gasteiger partial charge on any atom is -0.496 e. The van der Waals surface area contributed by atoms with Crippen LogP contribution in [-0.4, -0.2) is 18.0 Å². The predicted molar refractivity (Wildman–Crippen MR) is 84.0 cm³/mol. The van der Waals surface area contributed by atoms with E-state index in [-0.39, 0.29) is 5.91 Å². The molecule has 0 fully saturated rings. The molecule has 0 unspecified atom stereocenters. The van der Waals surface area contributed by atoms with Crippen molar-refractivity contribution in [3.8, 4) is 5.75 Å². The van der Waals surface area contributed by atoms with Crippen LogP contribution in [0.4, 0.5) is 5.69 Å². The summed E-state index contributed by atoms with van der Waals surface area (Å²) < 4.78 is 5.21. The van der Waals surface area contributed by atoms with Crippen LogP contribution < -0.4 is 10.1 Å². The van der Waals surface area contributed by atoms with Gasteiger partial charge in [-0.3, -0.25) is 4.79 Å². The largest absolute Gasteiger partial charge is 0.496 e. The van der Waals surface area contributed by atoms with Gasteiger partial charge in [0, 0.05) is 16.6 Å². The van der Waals surface area contributed by atoms with Gasteiger partial charge in [0.2, 0.25) is 0 Å². The molecule has 0 aliphatic heterocycles. The monoisotopic (exact) mass is 280 g/mol. The SMILES string of the molecule is COc1ccc(NC(=O)c2cc3ccccc3[nH]2)cc1C. The number of benzene rings is 2. The van der Waals surface area contributed by atoms with E-state index in [1.54, 1.807) is 7.11 Å². The molecule has 0 saturated carbocycles. The second kappa shape index (κ2) is 5.32. The zero-order valence-electron chi connectivity index (χ0n) is 11.9. The summed E-state index contributed by atoms with van der Waals surface area (Å²) in [7, 11) is 1.63. The first-order valence-corrected chi connectivity index (χ1v) is 6.71. The summed E-state index contributed by atoms with van der Waals surface area (Å²) in [6, 6.07) is 15.2. The minimum atomic E-state index is -0.157. The molecule has 4 heteroatoms. The molecule has 2 N–H and O–H groups in total. The second-order valence-electron chi connectivity index (χ2n) is 4.91. The van der Waals surface area contributed by atoms with E-state index in [4.69, 9.17) is 4.74 Å². The second-order valence-corrected chi connectivity index (χ2v) is 4.91. The molecular weight excluding hydrogens is 264 g/mol. The van der Waals surface area contributed by atoms with E-state index in [0.29, 0.717) is 5.69 Å². The van der Waals surface area contributed by atoms with E-state index in [2.05, 4.69) is 10.3 Å². The van der Waals surface area contributed by atoms with Gasteiger partial charge in [-0.05, 0) is 42.8 Å². The van der Waals surface area contributed by atoms with Gasteiger partial charge < -0.3 is 15.0 Å². The van der Waals surface area contributed by atoms with Crippen LogP contribution in [0.5, 0.6) is 5.75 Å². The van der Waals surface area contributed by atoms with Crippen molar-refractivity contribution in [2.75, 3.05) is 12.4 Å². The van der Waals surface area contributed by atoms with Crippen molar-refractivity contribution in [1.82, 2.24) is 4.98 Å².